The van der Waals surface area contributed by atoms with Crippen molar-refractivity contribution in [3.63, 3.8) is 0 Å². The fourth-order valence-electron chi connectivity index (χ4n) is 2.21. The lowest BCUT2D eigenvalue weighted by Crippen LogP contribution is -2.25. The Morgan fingerprint density at radius 3 is 2.60 bits per heavy atom. The van der Waals surface area contributed by atoms with Gasteiger partial charge in [-0.05, 0) is 53.0 Å². The Bertz CT molecular complexity index is 390. The molecule has 4 heteroatoms. The zero-order chi connectivity index (χ0) is 15.0. The summed E-state index contributed by atoms with van der Waals surface area (Å²) in [6.45, 7) is 8.39. The molecule has 1 rings (SSSR count). The molecule has 0 saturated heterocycles. The van der Waals surface area contributed by atoms with Gasteiger partial charge in [0.1, 0.15) is 0 Å². The molecule has 0 fully saturated rings. The van der Waals surface area contributed by atoms with E-state index in [0.717, 1.165) is 38.3 Å². The van der Waals surface area contributed by atoms with Crippen molar-refractivity contribution in [3.8, 4) is 0 Å². The average Bonchev–Trinajstić information content (AvgIpc) is 2.40. The lowest BCUT2D eigenvalue weighted by Gasteiger charge is -2.23. The van der Waals surface area contributed by atoms with Gasteiger partial charge in [0.05, 0.1) is 0 Å². The zero-order valence-electron chi connectivity index (χ0n) is 13.7. The van der Waals surface area contributed by atoms with Crippen molar-refractivity contribution in [1.29, 1.82) is 0 Å². The molecular formula is C16H30N4. The van der Waals surface area contributed by atoms with Crippen molar-refractivity contribution >= 4 is 5.69 Å². The largest absolute Gasteiger partial charge is 0.374 e. The van der Waals surface area contributed by atoms with Crippen LogP contribution in [0.4, 0.5) is 5.69 Å². The molecule has 114 valence electrons. The number of aromatic nitrogens is 1. The first-order valence-corrected chi connectivity index (χ1v) is 7.56. The van der Waals surface area contributed by atoms with Crippen molar-refractivity contribution in [2.24, 2.45) is 0 Å². The number of hydrogen-bond acceptors (Lipinski definition) is 4. The number of nitrogens with zero attached hydrogens (tertiary/aromatic N) is 3. The lowest BCUT2D eigenvalue weighted by molar-refractivity contribution is 0.401. The van der Waals surface area contributed by atoms with Crippen molar-refractivity contribution in [3.05, 3.63) is 23.5 Å². The Morgan fingerprint density at radius 1 is 1.20 bits per heavy atom. The summed E-state index contributed by atoms with van der Waals surface area (Å²) in [6, 6.07) is 2.19. The van der Waals surface area contributed by atoms with Crippen LogP contribution >= 0.6 is 0 Å². The first-order chi connectivity index (χ1) is 9.54. The van der Waals surface area contributed by atoms with E-state index in [-0.39, 0.29) is 0 Å². The molecule has 0 saturated carbocycles. The van der Waals surface area contributed by atoms with Crippen LogP contribution in [0.25, 0.3) is 0 Å². The number of hydrogen-bond donors (Lipinski definition) is 1. The molecule has 1 heterocycles. The molecule has 0 atom stereocenters. The maximum Gasteiger partial charge on any atom is 0.0442 e. The molecule has 0 amide bonds. The van der Waals surface area contributed by atoms with Crippen LogP contribution in [0.5, 0.6) is 0 Å². The number of rotatable bonds is 9. The fourth-order valence-corrected chi connectivity index (χ4v) is 2.21. The lowest BCUT2D eigenvalue weighted by atomic mass is 10.2. The highest BCUT2D eigenvalue weighted by Gasteiger charge is 2.08. The van der Waals surface area contributed by atoms with E-state index in [9.17, 15) is 0 Å². The summed E-state index contributed by atoms with van der Waals surface area (Å²) in [6.07, 6.45) is 4.34. The highest BCUT2D eigenvalue weighted by atomic mass is 15.1. The van der Waals surface area contributed by atoms with Gasteiger partial charge in [0.15, 0.2) is 0 Å². The SMILES string of the molecule is CCCNCc1cnc(C)cc1N(C)CCCN(C)C. The minimum atomic E-state index is 0.897. The highest BCUT2D eigenvalue weighted by Crippen LogP contribution is 2.20. The summed E-state index contributed by atoms with van der Waals surface area (Å²) in [4.78, 5) is 9.01. The molecule has 20 heavy (non-hydrogen) atoms. The second-order valence-corrected chi connectivity index (χ2v) is 5.71. The van der Waals surface area contributed by atoms with Gasteiger partial charge in [-0.15, -0.1) is 0 Å². The quantitative estimate of drug-likeness (QED) is 0.702. The van der Waals surface area contributed by atoms with Crippen LogP contribution in [-0.2, 0) is 6.54 Å². The number of pyridine rings is 1. The first kappa shape index (κ1) is 16.9. The normalized spacial score (nSPS) is 11.1. The van der Waals surface area contributed by atoms with Crippen LogP contribution < -0.4 is 10.2 Å². The van der Waals surface area contributed by atoms with E-state index >= 15 is 0 Å². The van der Waals surface area contributed by atoms with E-state index in [2.05, 4.69) is 61.2 Å². The smallest absolute Gasteiger partial charge is 0.0442 e. The maximum atomic E-state index is 4.43. The van der Waals surface area contributed by atoms with Crippen LogP contribution in [0.1, 0.15) is 31.0 Å². The zero-order valence-corrected chi connectivity index (χ0v) is 13.7. The van der Waals surface area contributed by atoms with Crippen molar-refractivity contribution < 1.29 is 0 Å². The second kappa shape index (κ2) is 8.93. The van der Waals surface area contributed by atoms with E-state index < -0.39 is 0 Å². The molecular weight excluding hydrogens is 248 g/mol. The minimum Gasteiger partial charge on any atom is -0.374 e. The van der Waals surface area contributed by atoms with E-state index in [1.807, 2.05) is 6.20 Å². The molecule has 4 nitrogen and oxygen atoms in total. The minimum absolute atomic E-state index is 0.897. The maximum absolute atomic E-state index is 4.43. The third kappa shape index (κ3) is 5.88. The van der Waals surface area contributed by atoms with Gasteiger partial charge in [0.2, 0.25) is 0 Å². The Labute approximate surface area is 124 Å². The molecule has 0 aliphatic carbocycles. The van der Waals surface area contributed by atoms with Crippen molar-refractivity contribution in [2.75, 3.05) is 45.7 Å². The monoisotopic (exact) mass is 278 g/mol. The van der Waals surface area contributed by atoms with E-state index in [1.165, 1.54) is 17.7 Å². The van der Waals surface area contributed by atoms with Gasteiger partial charge in [-0.2, -0.15) is 0 Å². The van der Waals surface area contributed by atoms with Gasteiger partial charge in [-0.1, -0.05) is 6.92 Å². The Balaban J connectivity index is 2.66. The van der Waals surface area contributed by atoms with Gasteiger partial charge in [0.25, 0.3) is 0 Å². The summed E-state index contributed by atoms with van der Waals surface area (Å²) in [5.41, 5.74) is 3.68. The van der Waals surface area contributed by atoms with Crippen molar-refractivity contribution in [2.45, 2.75) is 33.2 Å². The molecule has 0 radical (unpaired) electrons. The molecule has 1 aromatic heterocycles. The van der Waals surface area contributed by atoms with Gasteiger partial charge >= 0.3 is 0 Å². The fraction of sp³-hybridized carbons (Fsp3) is 0.688. The summed E-state index contributed by atoms with van der Waals surface area (Å²) in [7, 11) is 6.42. The topological polar surface area (TPSA) is 31.4 Å². The molecule has 1 aromatic rings. The molecule has 0 aliphatic heterocycles. The van der Waals surface area contributed by atoms with Gasteiger partial charge in [0, 0.05) is 43.3 Å². The second-order valence-electron chi connectivity index (χ2n) is 5.71. The number of anilines is 1. The summed E-state index contributed by atoms with van der Waals surface area (Å²) in [5, 5.41) is 3.47. The Hall–Kier alpha value is -1.13. The van der Waals surface area contributed by atoms with E-state index in [4.69, 9.17) is 0 Å². The molecule has 0 aliphatic rings. The van der Waals surface area contributed by atoms with Gasteiger partial charge in [-0.3, -0.25) is 4.98 Å². The number of aryl methyl sites for hydroxylation is 1. The van der Waals surface area contributed by atoms with Crippen LogP contribution in [0, 0.1) is 6.92 Å². The van der Waals surface area contributed by atoms with E-state index in [0.29, 0.717) is 0 Å². The molecule has 0 unspecified atom stereocenters. The third-order valence-corrected chi connectivity index (χ3v) is 3.35. The predicted molar refractivity (Wildman–Crippen MR) is 87.4 cm³/mol. The predicted octanol–water partition coefficient (Wildman–Crippen LogP) is 2.28. The number of nitrogens with one attached hydrogen (secondary N) is 1. The first-order valence-electron chi connectivity index (χ1n) is 7.56. The molecule has 0 spiro atoms. The Kier molecular flexibility index (Phi) is 7.55. The average molecular weight is 278 g/mol. The Morgan fingerprint density at radius 2 is 1.95 bits per heavy atom. The van der Waals surface area contributed by atoms with Crippen LogP contribution in [0.2, 0.25) is 0 Å². The van der Waals surface area contributed by atoms with Gasteiger partial charge in [-0.25, -0.2) is 0 Å². The third-order valence-electron chi connectivity index (χ3n) is 3.35. The van der Waals surface area contributed by atoms with Gasteiger partial charge < -0.3 is 15.1 Å². The van der Waals surface area contributed by atoms with Crippen LogP contribution in [0.3, 0.4) is 0 Å². The summed E-state index contributed by atoms with van der Waals surface area (Å²) in [5.74, 6) is 0. The van der Waals surface area contributed by atoms with Crippen molar-refractivity contribution in [1.82, 2.24) is 15.2 Å². The summed E-state index contributed by atoms with van der Waals surface area (Å²) >= 11 is 0. The highest BCUT2D eigenvalue weighted by molar-refractivity contribution is 5.53. The molecule has 0 aromatic carbocycles. The van der Waals surface area contributed by atoms with Crippen LogP contribution in [-0.4, -0.2) is 50.7 Å². The standard InChI is InChI=1S/C16H30N4/c1-6-8-17-12-15-13-18-14(2)11-16(15)20(5)10-7-9-19(3)4/h11,13,17H,6-10,12H2,1-5H3. The molecule has 1 N–H and O–H groups in total. The van der Waals surface area contributed by atoms with E-state index in [1.54, 1.807) is 0 Å². The van der Waals surface area contributed by atoms with Crippen LogP contribution in [0.15, 0.2) is 12.3 Å². The molecule has 0 bridgehead atoms. The summed E-state index contributed by atoms with van der Waals surface area (Å²) < 4.78 is 0.